The first kappa shape index (κ1) is 6.70. The number of hydrogen-bond donors (Lipinski definition) is 0. The lowest BCUT2D eigenvalue weighted by molar-refractivity contribution is -0.129. The average Bonchev–Trinajstić information content (AvgIpc) is 2.33. The second-order valence-corrected chi connectivity index (χ2v) is 4.34. The van der Waals surface area contributed by atoms with Crippen LogP contribution in [0, 0.1) is 17.8 Å². The number of rotatable bonds is 0. The molecule has 0 aromatic heterocycles. The van der Waals surface area contributed by atoms with E-state index in [1.54, 1.807) is 0 Å². The van der Waals surface area contributed by atoms with Crippen molar-refractivity contribution >= 4 is 5.78 Å². The molecule has 1 aliphatic carbocycles. The molecule has 0 aromatic rings. The van der Waals surface area contributed by atoms with Crippen molar-refractivity contribution in [2.75, 3.05) is 13.1 Å². The standard InChI is InChI=1S/C10H13NO/c1-6-10(12)9-7-2-3-8(9)5-11(6)4-7/h7-9H,1-5H2. The van der Waals surface area contributed by atoms with Gasteiger partial charge in [-0.1, -0.05) is 6.58 Å². The number of allylic oxidation sites excluding steroid dienone is 1. The Morgan fingerprint density at radius 3 is 2.33 bits per heavy atom. The minimum atomic E-state index is 0.347. The number of ketones is 1. The number of carbonyl (C=O) groups is 1. The monoisotopic (exact) mass is 163 g/mol. The molecule has 0 aromatic carbocycles. The van der Waals surface area contributed by atoms with Crippen LogP contribution in [0.1, 0.15) is 12.8 Å². The minimum Gasteiger partial charge on any atom is -0.369 e. The number of Topliss-reactive ketones (excluding diaryl/α,β-unsaturated/α-hetero) is 1. The predicted octanol–water partition coefficient (Wildman–Crippen LogP) is 1.04. The number of hydrogen-bond acceptors (Lipinski definition) is 2. The molecule has 4 fully saturated rings. The van der Waals surface area contributed by atoms with Crippen molar-refractivity contribution in [2.45, 2.75) is 12.8 Å². The van der Waals surface area contributed by atoms with Crippen LogP contribution in [0.25, 0.3) is 0 Å². The molecule has 3 aliphatic heterocycles. The molecule has 3 heterocycles. The van der Waals surface area contributed by atoms with Crippen LogP contribution in [0.5, 0.6) is 0 Å². The van der Waals surface area contributed by atoms with Crippen molar-refractivity contribution in [2.24, 2.45) is 17.8 Å². The van der Waals surface area contributed by atoms with Crippen LogP contribution < -0.4 is 0 Å². The van der Waals surface area contributed by atoms with Crippen LogP contribution in [0.15, 0.2) is 12.3 Å². The van der Waals surface area contributed by atoms with Gasteiger partial charge in [0.25, 0.3) is 0 Å². The van der Waals surface area contributed by atoms with Crippen LogP contribution in [0.3, 0.4) is 0 Å². The van der Waals surface area contributed by atoms with E-state index in [9.17, 15) is 4.79 Å². The summed E-state index contributed by atoms with van der Waals surface area (Å²) in [6.45, 7) is 6.06. The van der Waals surface area contributed by atoms with E-state index in [1.807, 2.05) is 0 Å². The van der Waals surface area contributed by atoms with Gasteiger partial charge in [-0.2, -0.15) is 0 Å². The van der Waals surface area contributed by atoms with E-state index in [0.29, 0.717) is 23.5 Å². The number of piperidine rings is 3. The molecule has 3 saturated heterocycles. The second kappa shape index (κ2) is 1.93. The molecule has 2 heteroatoms. The molecule has 0 radical (unpaired) electrons. The lowest BCUT2D eigenvalue weighted by Gasteiger charge is -2.45. The maximum Gasteiger partial charge on any atom is 0.182 e. The zero-order valence-corrected chi connectivity index (χ0v) is 7.12. The first-order valence-electron chi connectivity index (χ1n) is 4.75. The molecule has 2 unspecified atom stereocenters. The fourth-order valence-electron chi connectivity index (χ4n) is 3.22. The largest absolute Gasteiger partial charge is 0.369 e. The maximum atomic E-state index is 11.7. The van der Waals surface area contributed by atoms with Gasteiger partial charge in [0.2, 0.25) is 0 Å². The molecular formula is C10H13NO. The highest BCUT2D eigenvalue weighted by Crippen LogP contribution is 2.48. The first-order chi connectivity index (χ1) is 5.77. The van der Waals surface area contributed by atoms with Gasteiger partial charge in [-0.05, 0) is 24.7 Å². The Bertz CT molecular complexity index is 257. The van der Waals surface area contributed by atoms with E-state index in [0.717, 1.165) is 18.8 Å². The summed E-state index contributed by atoms with van der Waals surface area (Å²) in [4.78, 5) is 13.9. The predicted molar refractivity (Wildman–Crippen MR) is 45.4 cm³/mol. The van der Waals surface area contributed by atoms with Gasteiger partial charge in [0.15, 0.2) is 5.78 Å². The SMILES string of the molecule is C=C1C(=O)C2C3CCC2CN1C3. The highest BCUT2D eigenvalue weighted by molar-refractivity contribution is 5.98. The molecule has 4 aliphatic rings. The number of carbonyl (C=O) groups excluding carboxylic acids is 1. The fourth-order valence-corrected chi connectivity index (χ4v) is 3.22. The first-order valence-corrected chi connectivity index (χ1v) is 4.75. The second-order valence-electron chi connectivity index (χ2n) is 4.34. The normalized spacial score (nSPS) is 44.3. The summed E-state index contributed by atoms with van der Waals surface area (Å²) in [5, 5.41) is 0. The topological polar surface area (TPSA) is 20.3 Å². The number of nitrogens with zero attached hydrogens (tertiary/aromatic N) is 1. The Labute approximate surface area is 72.2 Å². The smallest absolute Gasteiger partial charge is 0.182 e. The average molecular weight is 163 g/mol. The van der Waals surface area contributed by atoms with Crippen LogP contribution >= 0.6 is 0 Å². The molecule has 4 rings (SSSR count). The summed E-state index contributed by atoms with van der Waals surface area (Å²) in [6.07, 6.45) is 2.54. The van der Waals surface area contributed by atoms with Crippen molar-refractivity contribution < 1.29 is 4.79 Å². The van der Waals surface area contributed by atoms with Gasteiger partial charge in [0.05, 0.1) is 5.70 Å². The molecule has 1 saturated carbocycles. The van der Waals surface area contributed by atoms with Crippen molar-refractivity contribution in [1.29, 1.82) is 0 Å². The van der Waals surface area contributed by atoms with Crippen LogP contribution in [0.4, 0.5) is 0 Å². The molecule has 2 atom stereocenters. The fraction of sp³-hybridized carbons (Fsp3) is 0.700. The third-order valence-electron chi connectivity index (χ3n) is 3.80. The van der Waals surface area contributed by atoms with Gasteiger partial charge in [-0.3, -0.25) is 4.79 Å². The Balaban J connectivity index is 2.06. The van der Waals surface area contributed by atoms with Crippen molar-refractivity contribution in [3.63, 3.8) is 0 Å². The van der Waals surface area contributed by atoms with Gasteiger partial charge in [0, 0.05) is 19.0 Å². The quantitative estimate of drug-likeness (QED) is 0.497. The van der Waals surface area contributed by atoms with E-state index < -0.39 is 0 Å². The third kappa shape index (κ3) is 0.598. The van der Waals surface area contributed by atoms with Gasteiger partial charge < -0.3 is 4.90 Å². The van der Waals surface area contributed by atoms with Gasteiger partial charge >= 0.3 is 0 Å². The molecule has 0 N–H and O–H groups in total. The van der Waals surface area contributed by atoms with Crippen molar-refractivity contribution in [1.82, 2.24) is 4.90 Å². The molecule has 0 spiro atoms. The zero-order chi connectivity index (χ0) is 8.29. The van der Waals surface area contributed by atoms with Crippen molar-refractivity contribution in [3.8, 4) is 0 Å². The Hall–Kier alpha value is -0.790. The molecular weight excluding hydrogens is 150 g/mol. The Kier molecular flexibility index (Phi) is 1.07. The Morgan fingerprint density at radius 2 is 1.83 bits per heavy atom. The lowest BCUT2D eigenvalue weighted by atomic mass is 9.76. The third-order valence-corrected chi connectivity index (χ3v) is 3.80. The van der Waals surface area contributed by atoms with Crippen LogP contribution in [0.2, 0.25) is 0 Å². The Morgan fingerprint density at radius 1 is 1.25 bits per heavy atom. The van der Waals surface area contributed by atoms with E-state index in [2.05, 4.69) is 11.5 Å². The molecule has 4 bridgehead atoms. The maximum absolute atomic E-state index is 11.7. The van der Waals surface area contributed by atoms with Crippen LogP contribution in [-0.4, -0.2) is 23.8 Å². The molecule has 64 valence electrons. The number of fused-ring (bicyclic) bond motifs is 1. The zero-order valence-electron chi connectivity index (χ0n) is 7.12. The van der Waals surface area contributed by atoms with E-state index in [-0.39, 0.29) is 0 Å². The summed E-state index contributed by atoms with van der Waals surface area (Å²) < 4.78 is 0. The summed E-state index contributed by atoms with van der Waals surface area (Å²) in [7, 11) is 0. The molecule has 12 heavy (non-hydrogen) atoms. The highest BCUT2D eigenvalue weighted by atomic mass is 16.1. The van der Waals surface area contributed by atoms with Gasteiger partial charge in [-0.25, -0.2) is 0 Å². The summed E-state index contributed by atoms with van der Waals surface area (Å²) in [6, 6.07) is 0. The van der Waals surface area contributed by atoms with Gasteiger partial charge in [-0.15, -0.1) is 0 Å². The highest BCUT2D eigenvalue weighted by Gasteiger charge is 2.51. The summed E-state index contributed by atoms with van der Waals surface area (Å²) in [5.41, 5.74) is 0.786. The van der Waals surface area contributed by atoms with Crippen molar-refractivity contribution in [3.05, 3.63) is 12.3 Å². The van der Waals surface area contributed by atoms with E-state index in [1.165, 1.54) is 12.8 Å². The van der Waals surface area contributed by atoms with Gasteiger partial charge in [0.1, 0.15) is 0 Å². The van der Waals surface area contributed by atoms with E-state index >= 15 is 0 Å². The minimum absolute atomic E-state index is 0.347. The molecule has 0 amide bonds. The molecule has 2 nitrogen and oxygen atoms in total. The van der Waals surface area contributed by atoms with Crippen LogP contribution in [-0.2, 0) is 4.79 Å². The summed E-state index contributed by atoms with van der Waals surface area (Å²) in [5.74, 6) is 2.05. The lowest BCUT2D eigenvalue weighted by Crippen LogP contribution is -2.52. The summed E-state index contributed by atoms with van der Waals surface area (Å²) >= 11 is 0. The van der Waals surface area contributed by atoms with E-state index in [4.69, 9.17) is 0 Å².